The van der Waals surface area contributed by atoms with Crippen LogP contribution >= 0.6 is 0 Å². The Bertz CT molecular complexity index is 723. The number of likely N-dealkylation sites (tertiary alicyclic amines) is 2. The van der Waals surface area contributed by atoms with E-state index < -0.39 is 0 Å². The summed E-state index contributed by atoms with van der Waals surface area (Å²) in [7, 11) is 0. The standard InChI is InChI=1S/C19H23N5O/c25-18(17-12-20-8-9-22-17)24-10-3-5-19(15-24)6-11-23(14-19)13-16-4-1-2-7-21-16/h1-2,4,7-9,12H,3,5-6,10-11,13-15H2/t19-/m1/s1. The molecule has 130 valence electrons. The molecule has 2 saturated heterocycles. The number of carbonyl (C=O) groups is 1. The number of carbonyl (C=O) groups excluding carboxylic acids is 1. The molecule has 0 aliphatic carbocycles. The maximum Gasteiger partial charge on any atom is 0.274 e. The Morgan fingerprint density at radius 3 is 2.84 bits per heavy atom. The highest BCUT2D eigenvalue weighted by atomic mass is 16.2. The summed E-state index contributed by atoms with van der Waals surface area (Å²) in [6.07, 6.45) is 9.98. The van der Waals surface area contributed by atoms with Crippen molar-refractivity contribution in [1.82, 2.24) is 24.8 Å². The van der Waals surface area contributed by atoms with Gasteiger partial charge in [0.1, 0.15) is 5.69 Å². The molecular formula is C19H23N5O. The van der Waals surface area contributed by atoms with E-state index in [1.165, 1.54) is 6.42 Å². The number of pyridine rings is 1. The first-order chi connectivity index (χ1) is 12.2. The molecule has 2 aromatic rings. The van der Waals surface area contributed by atoms with Crippen molar-refractivity contribution >= 4 is 5.91 Å². The average molecular weight is 337 g/mol. The molecule has 0 unspecified atom stereocenters. The van der Waals surface area contributed by atoms with Gasteiger partial charge in [-0.3, -0.25) is 19.7 Å². The van der Waals surface area contributed by atoms with Gasteiger partial charge in [0, 0.05) is 50.2 Å². The van der Waals surface area contributed by atoms with Gasteiger partial charge in [-0.05, 0) is 37.9 Å². The van der Waals surface area contributed by atoms with Crippen molar-refractivity contribution in [3.63, 3.8) is 0 Å². The Kier molecular flexibility index (Phi) is 4.44. The summed E-state index contributed by atoms with van der Waals surface area (Å²) in [5.41, 5.74) is 1.77. The molecule has 0 aromatic carbocycles. The molecule has 1 spiro atoms. The van der Waals surface area contributed by atoms with Gasteiger partial charge in [-0.2, -0.15) is 0 Å². The highest BCUT2D eigenvalue weighted by Crippen LogP contribution is 2.39. The van der Waals surface area contributed by atoms with Crippen LogP contribution in [0.15, 0.2) is 43.0 Å². The lowest BCUT2D eigenvalue weighted by Crippen LogP contribution is -2.47. The Hall–Kier alpha value is -2.34. The van der Waals surface area contributed by atoms with Crippen molar-refractivity contribution in [2.75, 3.05) is 26.2 Å². The quantitative estimate of drug-likeness (QED) is 0.857. The molecule has 6 nitrogen and oxygen atoms in total. The van der Waals surface area contributed by atoms with Crippen LogP contribution in [-0.2, 0) is 6.54 Å². The van der Waals surface area contributed by atoms with Gasteiger partial charge in [0.05, 0.1) is 11.9 Å². The predicted octanol–water partition coefficient (Wildman–Crippen LogP) is 2.00. The van der Waals surface area contributed by atoms with Crippen LogP contribution in [0.1, 0.15) is 35.4 Å². The Morgan fingerprint density at radius 1 is 1.08 bits per heavy atom. The van der Waals surface area contributed by atoms with Gasteiger partial charge in [0.2, 0.25) is 0 Å². The third-order valence-electron chi connectivity index (χ3n) is 5.36. The average Bonchev–Trinajstić information content (AvgIpc) is 3.04. The maximum absolute atomic E-state index is 12.7. The fraction of sp³-hybridized carbons (Fsp3) is 0.474. The number of hydrogen-bond donors (Lipinski definition) is 0. The van der Waals surface area contributed by atoms with Crippen LogP contribution in [0.4, 0.5) is 0 Å². The van der Waals surface area contributed by atoms with Gasteiger partial charge < -0.3 is 4.90 Å². The lowest BCUT2D eigenvalue weighted by Gasteiger charge is -2.40. The lowest BCUT2D eigenvalue weighted by molar-refractivity contribution is 0.0520. The first kappa shape index (κ1) is 16.1. The van der Waals surface area contributed by atoms with E-state index in [1.807, 2.05) is 23.2 Å². The molecule has 2 fully saturated rings. The van der Waals surface area contributed by atoms with Crippen LogP contribution in [0, 0.1) is 5.41 Å². The number of nitrogens with zero attached hydrogens (tertiary/aromatic N) is 5. The molecule has 1 amide bonds. The largest absolute Gasteiger partial charge is 0.337 e. The topological polar surface area (TPSA) is 62.2 Å². The van der Waals surface area contributed by atoms with Crippen molar-refractivity contribution in [1.29, 1.82) is 0 Å². The SMILES string of the molecule is O=C(c1cnccn1)N1CCC[C@]2(CCN(Cc3ccccn3)C2)C1. The minimum atomic E-state index is 0.00958. The second-order valence-electron chi connectivity index (χ2n) is 7.20. The summed E-state index contributed by atoms with van der Waals surface area (Å²) in [4.78, 5) is 29.8. The highest BCUT2D eigenvalue weighted by molar-refractivity contribution is 5.92. The van der Waals surface area contributed by atoms with E-state index in [1.54, 1.807) is 18.6 Å². The van der Waals surface area contributed by atoms with Crippen LogP contribution in [0.3, 0.4) is 0 Å². The number of amides is 1. The van der Waals surface area contributed by atoms with E-state index in [0.717, 1.165) is 51.3 Å². The van der Waals surface area contributed by atoms with Crippen LogP contribution in [0.2, 0.25) is 0 Å². The van der Waals surface area contributed by atoms with Crippen molar-refractivity contribution in [2.24, 2.45) is 5.41 Å². The third kappa shape index (κ3) is 3.54. The zero-order valence-corrected chi connectivity index (χ0v) is 14.3. The zero-order valence-electron chi connectivity index (χ0n) is 14.3. The van der Waals surface area contributed by atoms with Crippen LogP contribution in [0.5, 0.6) is 0 Å². The number of hydrogen-bond acceptors (Lipinski definition) is 5. The molecule has 0 N–H and O–H groups in total. The molecule has 4 heterocycles. The van der Waals surface area contributed by atoms with E-state index in [-0.39, 0.29) is 11.3 Å². The first-order valence-corrected chi connectivity index (χ1v) is 8.92. The van der Waals surface area contributed by atoms with Gasteiger partial charge >= 0.3 is 0 Å². The van der Waals surface area contributed by atoms with Crippen LogP contribution < -0.4 is 0 Å². The fourth-order valence-corrected chi connectivity index (χ4v) is 4.17. The molecular weight excluding hydrogens is 314 g/mol. The first-order valence-electron chi connectivity index (χ1n) is 8.92. The zero-order chi connectivity index (χ0) is 17.1. The number of rotatable bonds is 3. The molecule has 0 bridgehead atoms. The fourth-order valence-electron chi connectivity index (χ4n) is 4.17. The number of piperidine rings is 1. The Labute approximate surface area is 147 Å². The third-order valence-corrected chi connectivity index (χ3v) is 5.36. The molecule has 2 aliphatic heterocycles. The van der Waals surface area contributed by atoms with E-state index in [9.17, 15) is 4.79 Å². The molecule has 1 atom stereocenters. The molecule has 2 aliphatic rings. The van der Waals surface area contributed by atoms with Gasteiger partial charge in [0.15, 0.2) is 0 Å². The minimum absolute atomic E-state index is 0.00958. The minimum Gasteiger partial charge on any atom is -0.337 e. The van der Waals surface area contributed by atoms with E-state index in [2.05, 4.69) is 25.9 Å². The monoisotopic (exact) mass is 337 g/mol. The second-order valence-corrected chi connectivity index (χ2v) is 7.20. The van der Waals surface area contributed by atoms with Gasteiger partial charge in [0.25, 0.3) is 5.91 Å². The predicted molar refractivity (Wildman–Crippen MR) is 93.7 cm³/mol. The van der Waals surface area contributed by atoms with Crippen molar-refractivity contribution < 1.29 is 4.79 Å². The molecule has 25 heavy (non-hydrogen) atoms. The summed E-state index contributed by atoms with van der Waals surface area (Å²) < 4.78 is 0. The van der Waals surface area contributed by atoms with E-state index in [4.69, 9.17) is 0 Å². The second kappa shape index (κ2) is 6.88. The molecule has 0 radical (unpaired) electrons. The van der Waals surface area contributed by atoms with Crippen LogP contribution in [-0.4, -0.2) is 56.8 Å². The summed E-state index contributed by atoms with van der Waals surface area (Å²) in [5, 5.41) is 0. The normalized spacial score (nSPS) is 23.9. The van der Waals surface area contributed by atoms with Crippen LogP contribution in [0.25, 0.3) is 0 Å². The Balaban J connectivity index is 1.42. The molecule has 2 aromatic heterocycles. The van der Waals surface area contributed by atoms with Gasteiger partial charge in [-0.25, -0.2) is 4.98 Å². The van der Waals surface area contributed by atoms with Crippen molar-refractivity contribution in [2.45, 2.75) is 25.8 Å². The van der Waals surface area contributed by atoms with E-state index >= 15 is 0 Å². The smallest absolute Gasteiger partial charge is 0.274 e. The van der Waals surface area contributed by atoms with Gasteiger partial charge in [-0.15, -0.1) is 0 Å². The molecule has 4 rings (SSSR count). The molecule has 6 heteroatoms. The molecule has 0 saturated carbocycles. The van der Waals surface area contributed by atoms with E-state index in [0.29, 0.717) is 5.69 Å². The Morgan fingerprint density at radius 2 is 2.04 bits per heavy atom. The number of aromatic nitrogens is 3. The maximum atomic E-state index is 12.7. The van der Waals surface area contributed by atoms with Crippen molar-refractivity contribution in [3.8, 4) is 0 Å². The summed E-state index contributed by atoms with van der Waals surface area (Å²) in [6, 6.07) is 6.07. The summed E-state index contributed by atoms with van der Waals surface area (Å²) in [6.45, 7) is 4.64. The summed E-state index contributed by atoms with van der Waals surface area (Å²) >= 11 is 0. The summed E-state index contributed by atoms with van der Waals surface area (Å²) in [5.74, 6) is 0.00958. The van der Waals surface area contributed by atoms with Gasteiger partial charge in [-0.1, -0.05) is 6.07 Å². The highest BCUT2D eigenvalue weighted by Gasteiger charge is 2.42. The van der Waals surface area contributed by atoms with Crippen molar-refractivity contribution in [3.05, 3.63) is 54.4 Å². The lowest BCUT2D eigenvalue weighted by atomic mass is 9.79.